The van der Waals surface area contributed by atoms with Crippen molar-refractivity contribution in [2.24, 2.45) is 4.99 Å². The maximum atomic E-state index is 5.94. The average Bonchev–Trinajstić information content (AvgIpc) is 2.96. The van der Waals surface area contributed by atoms with Crippen LogP contribution in [0.25, 0.3) is 0 Å². The molecule has 4 heteroatoms. The van der Waals surface area contributed by atoms with Crippen molar-refractivity contribution in [2.75, 3.05) is 13.1 Å². The zero-order valence-corrected chi connectivity index (χ0v) is 11.9. The van der Waals surface area contributed by atoms with E-state index in [-0.39, 0.29) is 0 Å². The van der Waals surface area contributed by atoms with Crippen molar-refractivity contribution in [3.63, 3.8) is 0 Å². The van der Waals surface area contributed by atoms with Crippen LogP contribution in [0.3, 0.4) is 0 Å². The number of benzene rings is 2. The molecule has 1 heterocycles. The second-order valence-electron chi connectivity index (χ2n) is 4.21. The van der Waals surface area contributed by atoms with Gasteiger partial charge in [0.15, 0.2) is 0 Å². The summed E-state index contributed by atoms with van der Waals surface area (Å²) in [6.07, 6.45) is 0. The maximum absolute atomic E-state index is 5.94. The van der Waals surface area contributed by atoms with Crippen LogP contribution < -0.4 is 10.1 Å². The molecule has 0 aromatic heterocycles. The van der Waals surface area contributed by atoms with Gasteiger partial charge in [0.2, 0.25) is 0 Å². The molecule has 1 aliphatic heterocycles. The zero-order chi connectivity index (χ0) is 13.1. The number of nitrogens with one attached hydrogen (secondary N) is 1. The van der Waals surface area contributed by atoms with E-state index in [1.807, 2.05) is 48.5 Å². The fraction of sp³-hybridized carbons (Fsp3) is 0.133. The van der Waals surface area contributed by atoms with Gasteiger partial charge in [-0.2, -0.15) is 0 Å². The molecule has 0 radical (unpaired) electrons. The zero-order valence-electron chi connectivity index (χ0n) is 10.3. The highest BCUT2D eigenvalue weighted by Crippen LogP contribution is 2.26. The van der Waals surface area contributed by atoms with Gasteiger partial charge in [-0.25, -0.2) is 0 Å². The largest absolute Gasteiger partial charge is 0.457 e. The molecule has 0 unspecified atom stereocenters. The van der Waals surface area contributed by atoms with Crippen molar-refractivity contribution in [1.29, 1.82) is 0 Å². The van der Waals surface area contributed by atoms with E-state index in [9.17, 15) is 0 Å². The number of aliphatic imine (C=N–C) groups is 1. The lowest BCUT2D eigenvalue weighted by molar-refractivity contribution is 0.481. The molecular weight excluding hydrogens is 304 g/mol. The van der Waals surface area contributed by atoms with Crippen LogP contribution in [0, 0.1) is 0 Å². The van der Waals surface area contributed by atoms with Crippen LogP contribution in [0.15, 0.2) is 58.0 Å². The van der Waals surface area contributed by atoms with E-state index < -0.39 is 0 Å². The Morgan fingerprint density at radius 3 is 2.58 bits per heavy atom. The van der Waals surface area contributed by atoms with Crippen molar-refractivity contribution in [2.45, 2.75) is 0 Å². The first-order valence-corrected chi connectivity index (χ1v) is 6.93. The Balaban J connectivity index is 1.90. The van der Waals surface area contributed by atoms with E-state index in [1.165, 1.54) is 0 Å². The molecule has 19 heavy (non-hydrogen) atoms. The van der Waals surface area contributed by atoms with Crippen LogP contribution in [-0.4, -0.2) is 18.9 Å². The summed E-state index contributed by atoms with van der Waals surface area (Å²) in [6, 6.07) is 15.7. The lowest BCUT2D eigenvalue weighted by Crippen LogP contribution is -2.19. The van der Waals surface area contributed by atoms with E-state index >= 15 is 0 Å². The second-order valence-corrected chi connectivity index (χ2v) is 5.12. The molecule has 2 aromatic rings. The van der Waals surface area contributed by atoms with Gasteiger partial charge in [-0.3, -0.25) is 4.99 Å². The first kappa shape index (κ1) is 12.2. The first-order valence-electron chi connectivity index (χ1n) is 6.14. The molecule has 0 saturated heterocycles. The fourth-order valence-corrected chi connectivity index (χ4v) is 2.22. The fourth-order valence-electron chi connectivity index (χ4n) is 1.96. The van der Waals surface area contributed by atoms with Crippen molar-refractivity contribution < 1.29 is 4.74 Å². The Morgan fingerprint density at radius 1 is 1.05 bits per heavy atom. The molecule has 0 bridgehead atoms. The summed E-state index contributed by atoms with van der Waals surface area (Å²) in [5.41, 5.74) is 1.00. The monoisotopic (exact) mass is 316 g/mol. The summed E-state index contributed by atoms with van der Waals surface area (Å²) in [5.74, 6) is 2.54. The lowest BCUT2D eigenvalue weighted by atomic mass is 10.2. The molecule has 0 aliphatic carbocycles. The first-order chi connectivity index (χ1) is 9.33. The van der Waals surface area contributed by atoms with Gasteiger partial charge in [0.25, 0.3) is 0 Å². The molecule has 0 saturated carbocycles. The number of para-hydroxylation sites is 1. The van der Waals surface area contributed by atoms with Gasteiger partial charge in [-0.05, 0) is 36.4 Å². The summed E-state index contributed by atoms with van der Waals surface area (Å²) >= 11 is 3.41. The Morgan fingerprint density at radius 2 is 1.84 bits per heavy atom. The highest BCUT2D eigenvalue weighted by Gasteiger charge is 2.13. The van der Waals surface area contributed by atoms with Crippen molar-refractivity contribution in [3.8, 4) is 11.5 Å². The van der Waals surface area contributed by atoms with Gasteiger partial charge in [0.05, 0.1) is 12.1 Å². The number of rotatable bonds is 3. The van der Waals surface area contributed by atoms with E-state index in [0.717, 1.165) is 40.5 Å². The number of nitrogens with zero attached hydrogens (tertiary/aromatic N) is 1. The molecule has 96 valence electrons. The van der Waals surface area contributed by atoms with E-state index in [0.29, 0.717) is 0 Å². The minimum Gasteiger partial charge on any atom is -0.457 e. The lowest BCUT2D eigenvalue weighted by Gasteiger charge is -2.11. The summed E-state index contributed by atoms with van der Waals surface area (Å²) in [6.45, 7) is 1.71. The van der Waals surface area contributed by atoms with E-state index in [4.69, 9.17) is 4.74 Å². The third-order valence-corrected chi connectivity index (χ3v) is 3.39. The number of ether oxygens (including phenoxy) is 1. The maximum Gasteiger partial charge on any atom is 0.138 e. The summed E-state index contributed by atoms with van der Waals surface area (Å²) in [7, 11) is 0. The Bertz CT molecular complexity index is 608. The minimum absolute atomic E-state index is 0.814. The SMILES string of the molecule is Brc1ccc(Oc2ccccc2C2=NCCN2)cc1. The van der Waals surface area contributed by atoms with E-state index in [2.05, 4.69) is 26.2 Å². The molecule has 1 N–H and O–H groups in total. The summed E-state index contributed by atoms with van der Waals surface area (Å²) < 4.78 is 6.97. The summed E-state index contributed by atoms with van der Waals surface area (Å²) in [5, 5.41) is 3.27. The number of halogens is 1. The molecule has 3 nitrogen and oxygen atoms in total. The molecular formula is C15H13BrN2O. The normalized spacial score (nSPS) is 13.8. The average molecular weight is 317 g/mol. The molecule has 0 amide bonds. The van der Waals surface area contributed by atoms with Crippen LogP contribution in [0.4, 0.5) is 0 Å². The predicted molar refractivity (Wildman–Crippen MR) is 80.1 cm³/mol. The van der Waals surface area contributed by atoms with Crippen molar-refractivity contribution in [1.82, 2.24) is 5.32 Å². The highest BCUT2D eigenvalue weighted by molar-refractivity contribution is 9.10. The molecule has 0 fully saturated rings. The minimum atomic E-state index is 0.814. The third-order valence-electron chi connectivity index (χ3n) is 2.86. The number of amidine groups is 1. The van der Waals surface area contributed by atoms with Gasteiger partial charge in [0, 0.05) is 11.0 Å². The van der Waals surface area contributed by atoms with Crippen LogP contribution in [0.5, 0.6) is 11.5 Å². The van der Waals surface area contributed by atoms with Gasteiger partial charge < -0.3 is 10.1 Å². The standard InChI is InChI=1S/C15H13BrN2O/c16-11-5-7-12(8-6-11)19-14-4-2-1-3-13(14)15-17-9-10-18-15/h1-8H,9-10H2,(H,17,18). The van der Waals surface area contributed by atoms with Crippen molar-refractivity contribution >= 4 is 21.8 Å². The Kier molecular flexibility index (Phi) is 3.51. The van der Waals surface area contributed by atoms with Crippen LogP contribution in [0.2, 0.25) is 0 Å². The summed E-state index contributed by atoms with van der Waals surface area (Å²) in [4.78, 5) is 4.44. The Hall–Kier alpha value is -1.81. The second kappa shape index (κ2) is 5.45. The van der Waals surface area contributed by atoms with E-state index in [1.54, 1.807) is 0 Å². The van der Waals surface area contributed by atoms with Gasteiger partial charge in [-0.1, -0.05) is 28.1 Å². The van der Waals surface area contributed by atoms with Crippen molar-refractivity contribution in [3.05, 3.63) is 58.6 Å². The highest BCUT2D eigenvalue weighted by atomic mass is 79.9. The topological polar surface area (TPSA) is 33.6 Å². The molecule has 0 atom stereocenters. The van der Waals surface area contributed by atoms with Gasteiger partial charge in [0.1, 0.15) is 17.3 Å². The Labute approximate surface area is 120 Å². The van der Waals surface area contributed by atoms with Crippen LogP contribution in [0.1, 0.15) is 5.56 Å². The number of hydrogen-bond donors (Lipinski definition) is 1. The smallest absolute Gasteiger partial charge is 0.138 e. The van der Waals surface area contributed by atoms with Gasteiger partial charge in [-0.15, -0.1) is 0 Å². The van der Waals surface area contributed by atoms with Gasteiger partial charge >= 0.3 is 0 Å². The number of hydrogen-bond acceptors (Lipinski definition) is 3. The molecule has 0 spiro atoms. The molecule has 1 aliphatic rings. The quantitative estimate of drug-likeness (QED) is 0.938. The van der Waals surface area contributed by atoms with Crippen LogP contribution >= 0.6 is 15.9 Å². The molecule has 3 rings (SSSR count). The predicted octanol–water partition coefficient (Wildman–Crippen LogP) is 3.59. The van der Waals surface area contributed by atoms with Crippen LogP contribution in [-0.2, 0) is 0 Å². The molecule has 2 aromatic carbocycles. The third kappa shape index (κ3) is 2.79.